The number of carbonyl (C=O) groups excluding carboxylic acids is 1. The summed E-state index contributed by atoms with van der Waals surface area (Å²) in [5.74, 6) is -1.31. The zero-order valence-electron chi connectivity index (χ0n) is 18.9. The molecular formula is C22H21ClF4N4O2S. The fourth-order valence-corrected chi connectivity index (χ4v) is 3.67. The Bertz CT molecular complexity index is 1210. The highest BCUT2D eigenvalue weighted by Gasteiger charge is 2.42. The maximum Gasteiger partial charge on any atom is 0.434 e. The van der Waals surface area contributed by atoms with E-state index in [9.17, 15) is 22.4 Å². The Hall–Kier alpha value is -2.92. The van der Waals surface area contributed by atoms with Crippen LogP contribution in [0.1, 0.15) is 36.8 Å². The Morgan fingerprint density at radius 1 is 1.29 bits per heavy atom. The molecule has 0 unspecified atom stereocenters. The fraction of sp³-hybridized carbons (Fsp3) is 0.273. The Morgan fingerprint density at radius 2 is 1.97 bits per heavy atom. The van der Waals surface area contributed by atoms with Crippen LogP contribution in [0.2, 0.25) is 5.02 Å². The van der Waals surface area contributed by atoms with Gasteiger partial charge in [-0.2, -0.15) is 18.3 Å². The summed E-state index contributed by atoms with van der Waals surface area (Å²) in [7, 11) is 1.40. The number of thioether (sulfide) groups is 1. The summed E-state index contributed by atoms with van der Waals surface area (Å²) in [6, 6.07) is 3.80. The number of hydrogen-bond acceptors (Lipinski definition) is 6. The van der Waals surface area contributed by atoms with Crippen molar-refractivity contribution in [3.8, 4) is 22.6 Å². The van der Waals surface area contributed by atoms with Crippen molar-refractivity contribution in [3.63, 3.8) is 0 Å². The fourth-order valence-electron chi connectivity index (χ4n) is 3.03. The number of alkyl halides is 3. The van der Waals surface area contributed by atoms with Crippen LogP contribution in [0, 0.1) is 5.82 Å². The molecule has 0 radical (unpaired) electrons. The lowest BCUT2D eigenvalue weighted by atomic mass is 10.0. The lowest BCUT2D eigenvalue weighted by Gasteiger charge is -2.12. The van der Waals surface area contributed by atoms with Gasteiger partial charge in [-0.1, -0.05) is 54.5 Å². The average molecular weight is 517 g/mol. The highest BCUT2D eigenvalue weighted by atomic mass is 35.5. The molecule has 0 aliphatic carbocycles. The molecule has 6 nitrogen and oxygen atoms in total. The van der Waals surface area contributed by atoms with Gasteiger partial charge < -0.3 is 4.52 Å². The topological polar surface area (TPSA) is 73.3 Å². The molecule has 0 N–H and O–H groups in total. The smallest absolute Gasteiger partial charge is 0.355 e. The number of hydrogen-bond donors (Lipinski definition) is 0. The van der Waals surface area contributed by atoms with E-state index in [0.717, 1.165) is 12.3 Å². The van der Waals surface area contributed by atoms with Crippen molar-refractivity contribution in [1.82, 2.24) is 14.9 Å². The number of halogens is 5. The molecule has 0 saturated carbocycles. The number of allylic oxidation sites excluding steroid dienone is 2. The van der Waals surface area contributed by atoms with Gasteiger partial charge in [0.2, 0.25) is 5.12 Å². The molecule has 182 valence electrons. The van der Waals surface area contributed by atoms with Crippen molar-refractivity contribution >= 4 is 40.4 Å². The van der Waals surface area contributed by atoms with Crippen LogP contribution < -0.4 is 0 Å². The average Bonchev–Trinajstić information content (AvgIpc) is 3.43. The number of aliphatic imine (C=N–C) groups is 1. The summed E-state index contributed by atoms with van der Waals surface area (Å²) in [5, 5.41) is 6.77. The third-order valence-electron chi connectivity index (χ3n) is 4.37. The van der Waals surface area contributed by atoms with Gasteiger partial charge >= 0.3 is 6.18 Å². The molecule has 0 aliphatic rings. The van der Waals surface area contributed by atoms with E-state index in [1.54, 1.807) is 0 Å². The van der Waals surface area contributed by atoms with Crippen LogP contribution >= 0.6 is 23.4 Å². The monoisotopic (exact) mass is 516 g/mol. The highest BCUT2D eigenvalue weighted by Crippen LogP contribution is 2.43. The van der Waals surface area contributed by atoms with Crippen LogP contribution in [0.3, 0.4) is 0 Å². The Labute approximate surface area is 202 Å². The summed E-state index contributed by atoms with van der Waals surface area (Å²) in [4.78, 5) is 16.4. The molecule has 0 aliphatic heterocycles. The first-order valence-corrected chi connectivity index (χ1v) is 11.5. The van der Waals surface area contributed by atoms with Crippen LogP contribution in [-0.2, 0) is 6.18 Å². The molecule has 0 bridgehead atoms. The van der Waals surface area contributed by atoms with Gasteiger partial charge in [-0.05, 0) is 25.3 Å². The normalized spacial score (nSPS) is 12.1. The van der Waals surface area contributed by atoms with E-state index in [0.29, 0.717) is 16.4 Å². The molecule has 2 aromatic heterocycles. The minimum absolute atomic E-state index is 0.0423. The van der Waals surface area contributed by atoms with Crippen LogP contribution in [-0.4, -0.2) is 39.6 Å². The molecule has 0 amide bonds. The first kappa shape index (κ1) is 27.3. The zero-order valence-corrected chi connectivity index (χ0v) is 20.4. The molecule has 0 atom stereocenters. The van der Waals surface area contributed by atoms with Crippen molar-refractivity contribution in [2.75, 3.05) is 13.3 Å². The Kier molecular flexibility index (Phi) is 9.22. The number of nitrogens with zero attached hydrogens (tertiary/aromatic N) is 4. The zero-order chi connectivity index (χ0) is 25.6. The second-order valence-electron chi connectivity index (χ2n) is 6.24. The number of aromatic nitrogens is 3. The van der Waals surface area contributed by atoms with Gasteiger partial charge in [-0.25, -0.2) is 9.07 Å². The predicted molar refractivity (Wildman–Crippen MR) is 127 cm³/mol. The van der Waals surface area contributed by atoms with Gasteiger partial charge in [0.25, 0.3) is 0 Å². The molecule has 0 spiro atoms. The maximum atomic E-state index is 14.5. The van der Waals surface area contributed by atoms with Crippen molar-refractivity contribution in [3.05, 3.63) is 52.6 Å². The van der Waals surface area contributed by atoms with Crippen LogP contribution in [0.25, 0.3) is 28.3 Å². The SMILES string of the molecule is C/C=C(\C=NC)n1ncc(-c2onc(-c3c(F)cccc3Cl)c2C(=O)SC)c1C(F)(F)F.CC. The second kappa shape index (κ2) is 11.5. The van der Waals surface area contributed by atoms with Gasteiger partial charge in [0.1, 0.15) is 17.1 Å². The van der Waals surface area contributed by atoms with E-state index in [1.807, 2.05) is 13.8 Å². The molecule has 1 aromatic carbocycles. The van der Waals surface area contributed by atoms with Crippen LogP contribution in [0.15, 0.2) is 40.0 Å². The van der Waals surface area contributed by atoms with Gasteiger partial charge in [0, 0.05) is 13.3 Å². The van der Waals surface area contributed by atoms with E-state index in [-0.39, 0.29) is 27.5 Å². The van der Waals surface area contributed by atoms with Crippen molar-refractivity contribution in [2.45, 2.75) is 26.9 Å². The molecule has 0 saturated heterocycles. The summed E-state index contributed by atoms with van der Waals surface area (Å²) >= 11 is 6.79. The number of benzene rings is 1. The molecule has 3 rings (SSSR count). The third kappa shape index (κ3) is 5.25. The van der Waals surface area contributed by atoms with Crippen molar-refractivity contribution in [2.24, 2.45) is 4.99 Å². The maximum absolute atomic E-state index is 14.5. The van der Waals surface area contributed by atoms with Gasteiger partial charge in [0.05, 0.1) is 28.0 Å². The van der Waals surface area contributed by atoms with Crippen molar-refractivity contribution in [1.29, 1.82) is 0 Å². The van der Waals surface area contributed by atoms with Gasteiger partial charge in [-0.15, -0.1) is 0 Å². The van der Waals surface area contributed by atoms with E-state index < -0.39 is 34.1 Å². The number of carbonyl (C=O) groups is 1. The summed E-state index contributed by atoms with van der Waals surface area (Å²) in [6.07, 6.45) is 0.0303. The molecule has 2 heterocycles. The van der Waals surface area contributed by atoms with E-state index >= 15 is 0 Å². The number of rotatable bonds is 5. The van der Waals surface area contributed by atoms with Crippen LogP contribution in [0.5, 0.6) is 0 Å². The van der Waals surface area contributed by atoms with Crippen molar-refractivity contribution < 1.29 is 26.9 Å². The second-order valence-corrected chi connectivity index (χ2v) is 7.43. The minimum Gasteiger partial charge on any atom is -0.355 e. The third-order valence-corrected chi connectivity index (χ3v) is 5.26. The predicted octanol–water partition coefficient (Wildman–Crippen LogP) is 7.11. The Morgan fingerprint density at radius 3 is 2.50 bits per heavy atom. The highest BCUT2D eigenvalue weighted by molar-refractivity contribution is 8.13. The van der Waals surface area contributed by atoms with Gasteiger partial charge in [-0.3, -0.25) is 9.79 Å². The standard InChI is InChI=1S/C20H15ClF4N4O2S.C2H6/c1-4-10(8-26-2)29-18(20(23,24)25)11(9-27-29)17-15(19(30)32-3)16(28-31-17)14-12(21)6-5-7-13(14)22;1-2/h4-9H,1-3H3;1-2H3/b10-4+,26-8?;. The summed E-state index contributed by atoms with van der Waals surface area (Å²) in [6.45, 7) is 5.52. The Balaban J connectivity index is 0.00000199. The van der Waals surface area contributed by atoms with Crippen LogP contribution in [0.4, 0.5) is 17.6 Å². The minimum atomic E-state index is -4.88. The van der Waals surface area contributed by atoms with E-state index in [4.69, 9.17) is 16.1 Å². The largest absolute Gasteiger partial charge is 0.434 e. The molecule has 0 fully saturated rings. The van der Waals surface area contributed by atoms with E-state index in [2.05, 4.69) is 15.2 Å². The van der Waals surface area contributed by atoms with Gasteiger partial charge in [0.15, 0.2) is 11.5 Å². The van der Waals surface area contributed by atoms with E-state index in [1.165, 1.54) is 44.7 Å². The molecule has 34 heavy (non-hydrogen) atoms. The summed E-state index contributed by atoms with van der Waals surface area (Å²) in [5.41, 5.74) is -2.60. The first-order valence-electron chi connectivity index (χ1n) is 9.92. The summed E-state index contributed by atoms with van der Waals surface area (Å²) < 4.78 is 62.5. The first-order chi connectivity index (χ1) is 16.1. The molecule has 3 aromatic rings. The quantitative estimate of drug-likeness (QED) is 0.267. The molecular weight excluding hydrogens is 496 g/mol. The lowest BCUT2D eigenvalue weighted by molar-refractivity contribution is -0.142. The molecule has 12 heteroatoms. The lowest BCUT2D eigenvalue weighted by Crippen LogP contribution is -2.16.